The second kappa shape index (κ2) is 8.81. The zero-order valence-electron chi connectivity index (χ0n) is 16.3. The van der Waals surface area contributed by atoms with E-state index in [1.807, 2.05) is 6.07 Å². The number of urea groups is 1. The Bertz CT molecular complexity index is 1140. The van der Waals surface area contributed by atoms with Crippen molar-refractivity contribution in [3.8, 4) is 12.1 Å². The Hall–Kier alpha value is -4.32. The van der Waals surface area contributed by atoms with E-state index >= 15 is 0 Å². The van der Waals surface area contributed by atoms with Crippen LogP contribution in [0, 0.1) is 22.7 Å². The third-order valence-corrected chi connectivity index (χ3v) is 4.73. The molecule has 3 rings (SSSR count). The van der Waals surface area contributed by atoms with Crippen molar-refractivity contribution in [1.29, 1.82) is 10.5 Å². The highest BCUT2D eigenvalue weighted by Gasteiger charge is 2.39. The largest absolute Gasteiger partial charge is 0.478 e. The van der Waals surface area contributed by atoms with E-state index in [-0.39, 0.29) is 37.6 Å². The minimum Gasteiger partial charge on any atom is -0.478 e. The SMILES string of the molecule is N#Cc1cccc(NC(=O)N2CCN(c3nc(C(F)(F)F)c(C(=O)O)cc3C#N)CC2)c1. The first-order valence-electron chi connectivity index (χ1n) is 9.20. The van der Waals surface area contributed by atoms with Crippen LogP contribution in [0.25, 0.3) is 0 Å². The Morgan fingerprint density at radius 1 is 1.09 bits per heavy atom. The molecule has 1 aliphatic rings. The maximum atomic E-state index is 13.3. The molecule has 2 heterocycles. The number of carboxylic acids is 1. The fourth-order valence-corrected chi connectivity index (χ4v) is 3.20. The molecular weight excluding hydrogens is 429 g/mol. The second-order valence-corrected chi connectivity index (χ2v) is 6.77. The highest BCUT2D eigenvalue weighted by Crippen LogP contribution is 2.34. The van der Waals surface area contributed by atoms with Gasteiger partial charge in [0.05, 0.1) is 22.8 Å². The molecule has 12 heteroatoms. The molecule has 1 aliphatic heterocycles. The molecule has 2 aromatic rings. The highest BCUT2D eigenvalue weighted by molar-refractivity contribution is 5.91. The number of hydrogen-bond acceptors (Lipinski definition) is 6. The fraction of sp³-hybridized carbons (Fsp3) is 0.250. The average Bonchev–Trinajstić information content (AvgIpc) is 2.77. The lowest BCUT2D eigenvalue weighted by molar-refractivity contribution is -0.141. The van der Waals surface area contributed by atoms with Crippen molar-refractivity contribution in [2.24, 2.45) is 0 Å². The summed E-state index contributed by atoms with van der Waals surface area (Å²) >= 11 is 0. The van der Waals surface area contributed by atoms with Gasteiger partial charge in [-0.3, -0.25) is 0 Å². The average molecular weight is 444 g/mol. The molecular formula is C20H15F3N6O3. The van der Waals surface area contributed by atoms with Crippen molar-refractivity contribution in [3.63, 3.8) is 0 Å². The summed E-state index contributed by atoms with van der Waals surface area (Å²) in [6.07, 6.45) is -5.02. The van der Waals surface area contributed by atoms with Gasteiger partial charge in [0.2, 0.25) is 0 Å². The lowest BCUT2D eigenvalue weighted by atomic mass is 10.1. The maximum Gasteiger partial charge on any atom is 0.434 e. The van der Waals surface area contributed by atoms with Crippen LogP contribution in [0.5, 0.6) is 0 Å². The summed E-state index contributed by atoms with van der Waals surface area (Å²) < 4.78 is 39.9. The molecule has 2 amide bonds. The van der Waals surface area contributed by atoms with Crippen LogP contribution in [0.2, 0.25) is 0 Å². The molecule has 0 unspecified atom stereocenters. The summed E-state index contributed by atoms with van der Waals surface area (Å²) in [5.41, 5.74) is -2.20. The van der Waals surface area contributed by atoms with E-state index in [0.717, 1.165) is 0 Å². The third kappa shape index (κ3) is 4.70. The number of nitrogens with one attached hydrogen (secondary N) is 1. The predicted octanol–water partition coefficient (Wildman–Crippen LogP) is 2.90. The van der Waals surface area contributed by atoms with Crippen LogP contribution < -0.4 is 10.2 Å². The summed E-state index contributed by atoms with van der Waals surface area (Å²) in [4.78, 5) is 30.0. The minimum atomic E-state index is -5.02. The van der Waals surface area contributed by atoms with Crippen molar-refractivity contribution in [2.75, 3.05) is 36.4 Å². The normalized spacial score (nSPS) is 13.8. The van der Waals surface area contributed by atoms with Gasteiger partial charge in [-0.15, -0.1) is 0 Å². The number of carboxylic acid groups (broad SMARTS) is 1. The summed E-state index contributed by atoms with van der Waals surface area (Å²) in [5.74, 6) is -2.12. The molecule has 1 aromatic heterocycles. The number of nitriles is 2. The number of piperazine rings is 1. The molecule has 1 saturated heterocycles. The Labute approximate surface area is 179 Å². The molecule has 9 nitrogen and oxygen atoms in total. The van der Waals surface area contributed by atoms with E-state index in [1.54, 1.807) is 24.3 Å². The van der Waals surface area contributed by atoms with Crippen molar-refractivity contribution in [1.82, 2.24) is 9.88 Å². The Kier molecular flexibility index (Phi) is 6.16. The fourth-order valence-electron chi connectivity index (χ4n) is 3.20. The lowest BCUT2D eigenvalue weighted by Gasteiger charge is -2.36. The molecule has 0 aliphatic carbocycles. The number of aromatic nitrogens is 1. The van der Waals surface area contributed by atoms with Crippen LogP contribution in [0.3, 0.4) is 0 Å². The Morgan fingerprint density at radius 3 is 2.34 bits per heavy atom. The molecule has 1 aromatic carbocycles. The van der Waals surface area contributed by atoms with Gasteiger partial charge in [0, 0.05) is 31.9 Å². The number of hydrogen-bond donors (Lipinski definition) is 2. The molecule has 0 saturated carbocycles. The molecule has 1 fully saturated rings. The summed E-state index contributed by atoms with van der Waals surface area (Å²) in [6, 6.07) is 10.2. The van der Waals surface area contributed by atoms with Crippen LogP contribution in [0.1, 0.15) is 27.2 Å². The molecule has 2 N–H and O–H groups in total. The standard InChI is InChI=1S/C20H15F3N6O3/c21-20(22,23)16-15(18(30)31)9-13(11-25)17(27-16)28-4-6-29(7-5-28)19(32)26-14-3-1-2-12(8-14)10-24/h1-3,8-9H,4-7H2,(H,26,32)(H,30,31). The van der Waals surface area contributed by atoms with Gasteiger partial charge in [0.15, 0.2) is 5.69 Å². The lowest BCUT2D eigenvalue weighted by Crippen LogP contribution is -2.50. The van der Waals surface area contributed by atoms with Gasteiger partial charge in [-0.05, 0) is 24.3 Å². The van der Waals surface area contributed by atoms with Gasteiger partial charge < -0.3 is 20.2 Å². The van der Waals surface area contributed by atoms with Gasteiger partial charge in [-0.25, -0.2) is 14.6 Å². The third-order valence-electron chi connectivity index (χ3n) is 4.73. The van der Waals surface area contributed by atoms with Crippen LogP contribution in [-0.4, -0.2) is 53.2 Å². The zero-order chi connectivity index (χ0) is 23.5. The van der Waals surface area contributed by atoms with Gasteiger partial charge in [0.1, 0.15) is 11.9 Å². The van der Waals surface area contributed by atoms with Crippen molar-refractivity contribution < 1.29 is 27.9 Å². The predicted molar refractivity (Wildman–Crippen MR) is 105 cm³/mol. The summed E-state index contributed by atoms with van der Waals surface area (Å²) in [5, 5.41) is 30.0. The number of alkyl halides is 3. The number of rotatable bonds is 3. The Morgan fingerprint density at radius 2 is 1.78 bits per heavy atom. The van der Waals surface area contributed by atoms with E-state index in [0.29, 0.717) is 17.3 Å². The number of anilines is 2. The number of carbonyl (C=O) groups is 2. The number of benzene rings is 1. The number of aromatic carboxylic acids is 1. The van der Waals surface area contributed by atoms with E-state index in [1.165, 1.54) is 15.9 Å². The number of amides is 2. The smallest absolute Gasteiger partial charge is 0.434 e. The van der Waals surface area contributed by atoms with Crippen LogP contribution in [0.4, 0.5) is 29.5 Å². The van der Waals surface area contributed by atoms with Gasteiger partial charge in [0.25, 0.3) is 0 Å². The van der Waals surface area contributed by atoms with Crippen molar-refractivity contribution >= 4 is 23.5 Å². The first kappa shape index (κ1) is 22.4. The number of carbonyl (C=O) groups excluding carboxylic acids is 1. The summed E-state index contributed by atoms with van der Waals surface area (Å²) in [6.45, 7) is 0.408. The van der Waals surface area contributed by atoms with Crippen LogP contribution >= 0.6 is 0 Å². The maximum absolute atomic E-state index is 13.3. The van der Waals surface area contributed by atoms with E-state index in [4.69, 9.17) is 10.4 Å². The number of nitrogens with zero attached hydrogens (tertiary/aromatic N) is 5. The second-order valence-electron chi connectivity index (χ2n) is 6.77. The monoisotopic (exact) mass is 444 g/mol. The highest BCUT2D eigenvalue weighted by atomic mass is 19.4. The number of halogens is 3. The quantitative estimate of drug-likeness (QED) is 0.744. The number of pyridine rings is 1. The van der Waals surface area contributed by atoms with Crippen LogP contribution in [0.15, 0.2) is 30.3 Å². The minimum absolute atomic E-state index is 0.0804. The van der Waals surface area contributed by atoms with E-state index < -0.39 is 29.4 Å². The van der Waals surface area contributed by atoms with E-state index in [2.05, 4.69) is 10.3 Å². The molecule has 164 valence electrons. The molecule has 32 heavy (non-hydrogen) atoms. The molecule has 0 spiro atoms. The van der Waals surface area contributed by atoms with Gasteiger partial charge in [-0.1, -0.05) is 6.07 Å². The molecule has 0 bridgehead atoms. The molecule has 0 radical (unpaired) electrons. The van der Waals surface area contributed by atoms with Crippen molar-refractivity contribution in [3.05, 3.63) is 52.7 Å². The zero-order valence-corrected chi connectivity index (χ0v) is 16.3. The van der Waals surface area contributed by atoms with Gasteiger partial charge in [-0.2, -0.15) is 23.7 Å². The first-order valence-corrected chi connectivity index (χ1v) is 9.20. The summed E-state index contributed by atoms with van der Waals surface area (Å²) in [7, 11) is 0. The van der Waals surface area contributed by atoms with Gasteiger partial charge >= 0.3 is 18.2 Å². The van der Waals surface area contributed by atoms with Crippen molar-refractivity contribution in [2.45, 2.75) is 6.18 Å². The molecule has 0 atom stereocenters. The topological polar surface area (TPSA) is 133 Å². The Balaban J connectivity index is 1.77. The van der Waals surface area contributed by atoms with Crippen LogP contribution in [-0.2, 0) is 6.18 Å². The first-order chi connectivity index (χ1) is 15.1. The van der Waals surface area contributed by atoms with E-state index in [9.17, 15) is 28.0 Å².